The number of aryl methyl sites for hydroxylation is 2. The van der Waals surface area contributed by atoms with Crippen LogP contribution < -0.4 is 0 Å². The van der Waals surface area contributed by atoms with Gasteiger partial charge in [0.15, 0.2) is 0 Å². The van der Waals surface area contributed by atoms with Gasteiger partial charge < -0.3 is 0 Å². The molecule has 0 amide bonds. The quantitative estimate of drug-likeness (QED) is 0.266. The Bertz CT molecular complexity index is 353. The van der Waals surface area contributed by atoms with Crippen LogP contribution in [0.1, 0.15) is 115 Å². The van der Waals surface area contributed by atoms with Crippen LogP contribution >= 0.6 is 11.3 Å². The first-order valence-corrected chi connectivity index (χ1v) is 11.4. The van der Waals surface area contributed by atoms with Gasteiger partial charge in [-0.15, -0.1) is 0 Å². The van der Waals surface area contributed by atoms with Crippen LogP contribution in [0.5, 0.6) is 0 Å². The van der Waals surface area contributed by atoms with Crippen molar-refractivity contribution in [1.82, 2.24) is 0 Å². The van der Waals surface area contributed by atoms with E-state index in [1.807, 2.05) is 11.3 Å². The second kappa shape index (κ2) is 15.2. The van der Waals surface area contributed by atoms with Crippen LogP contribution in [0.25, 0.3) is 0 Å². The van der Waals surface area contributed by atoms with Gasteiger partial charge in [-0.1, -0.05) is 90.9 Å². The topological polar surface area (TPSA) is 0 Å². The molecule has 0 aliphatic rings. The average molecular weight is 337 g/mol. The fraction of sp³-hybridized carbons (Fsp3) is 0.818. The van der Waals surface area contributed by atoms with E-state index in [0.29, 0.717) is 0 Å². The van der Waals surface area contributed by atoms with E-state index >= 15 is 0 Å². The third kappa shape index (κ3) is 11.0. The van der Waals surface area contributed by atoms with Crippen molar-refractivity contribution in [2.75, 3.05) is 0 Å². The summed E-state index contributed by atoms with van der Waals surface area (Å²) in [5, 5.41) is 4.82. The van der Waals surface area contributed by atoms with Gasteiger partial charge in [0.2, 0.25) is 0 Å². The van der Waals surface area contributed by atoms with Crippen molar-refractivity contribution in [2.45, 2.75) is 117 Å². The molecule has 0 spiro atoms. The zero-order valence-electron chi connectivity index (χ0n) is 15.9. The Hall–Kier alpha value is -0.300. The predicted molar refractivity (Wildman–Crippen MR) is 108 cm³/mol. The molecule has 0 aliphatic heterocycles. The summed E-state index contributed by atoms with van der Waals surface area (Å²) in [6.07, 6.45) is 22.5. The molecule has 0 saturated carbocycles. The smallest absolute Gasteiger partial charge is 0.00584 e. The lowest BCUT2D eigenvalue weighted by atomic mass is 10.00. The second-order valence-corrected chi connectivity index (χ2v) is 7.91. The molecule has 134 valence electrons. The van der Waals surface area contributed by atoms with Crippen molar-refractivity contribution in [3.8, 4) is 0 Å². The van der Waals surface area contributed by atoms with E-state index in [2.05, 4.69) is 24.6 Å². The molecule has 1 aromatic rings. The van der Waals surface area contributed by atoms with Gasteiger partial charge in [0.05, 0.1) is 0 Å². The SMILES string of the molecule is CCCCCCCCCCc1cscc1CCCCCCCC. The molecule has 23 heavy (non-hydrogen) atoms. The van der Waals surface area contributed by atoms with Gasteiger partial charge in [-0.05, 0) is 47.6 Å². The van der Waals surface area contributed by atoms with Gasteiger partial charge in [-0.25, -0.2) is 0 Å². The van der Waals surface area contributed by atoms with Gasteiger partial charge in [0.25, 0.3) is 0 Å². The molecule has 0 aromatic carbocycles. The number of thiophene rings is 1. The van der Waals surface area contributed by atoms with Gasteiger partial charge in [-0.2, -0.15) is 11.3 Å². The van der Waals surface area contributed by atoms with Gasteiger partial charge in [0, 0.05) is 0 Å². The standard InChI is InChI=1S/C22H40S/c1-3-5-7-9-11-12-14-16-18-22-20-23-19-21(22)17-15-13-10-8-6-4-2/h19-20H,3-18H2,1-2H3. The summed E-state index contributed by atoms with van der Waals surface area (Å²) in [5.41, 5.74) is 3.32. The highest BCUT2D eigenvalue weighted by Crippen LogP contribution is 2.21. The molecule has 0 fully saturated rings. The van der Waals surface area contributed by atoms with E-state index in [4.69, 9.17) is 0 Å². The Morgan fingerprint density at radius 1 is 0.522 bits per heavy atom. The highest BCUT2D eigenvalue weighted by atomic mass is 32.1. The van der Waals surface area contributed by atoms with Crippen molar-refractivity contribution >= 4 is 11.3 Å². The first-order valence-electron chi connectivity index (χ1n) is 10.4. The monoisotopic (exact) mass is 336 g/mol. The Kier molecular flexibility index (Phi) is 13.7. The summed E-state index contributed by atoms with van der Waals surface area (Å²) in [6, 6.07) is 0. The first-order chi connectivity index (χ1) is 11.4. The lowest BCUT2D eigenvalue weighted by Gasteiger charge is -2.05. The van der Waals surface area contributed by atoms with Crippen LogP contribution in [0.15, 0.2) is 10.8 Å². The predicted octanol–water partition coefficient (Wildman–Crippen LogP) is 8.33. The fourth-order valence-electron chi connectivity index (χ4n) is 3.33. The number of hydrogen-bond donors (Lipinski definition) is 0. The molecule has 1 aromatic heterocycles. The highest BCUT2D eigenvalue weighted by molar-refractivity contribution is 7.08. The summed E-state index contributed by atoms with van der Waals surface area (Å²) in [5.74, 6) is 0. The summed E-state index contributed by atoms with van der Waals surface area (Å²) in [4.78, 5) is 0. The van der Waals surface area contributed by atoms with Crippen molar-refractivity contribution in [1.29, 1.82) is 0 Å². The number of unbranched alkanes of at least 4 members (excludes halogenated alkanes) is 12. The minimum Gasteiger partial charge on any atom is -0.152 e. The zero-order valence-corrected chi connectivity index (χ0v) is 16.7. The van der Waals surface area contributed by atoms with Crippen LogP contribution in [0.3, 0.4) is 0 Å². The van der Waals surface area contributed by atoms with Crippen LogP contribution in [0.4, 0.5) is 0 Å². The van der Waals surface area contributed by atoms with E-state index in [1.54, 1.807) is 11.1 Å². The molecule has 0 saturated heterocycles. The molecule has 0 radical (unpaired) electrons. The maximum absolute atomic E-state index is 2.41. The minimum absolute atomic E-state index is 1.32. The maximum atomic E-state index is 2.41. The third-order valence-corrected chi connectivity index (χ3v) is 5.77. The first kappa shape index (κ1) is 20.7. The molecular weight excluding hydrogens is 296 g/mol. The lowest BCUT2D eigenvalue weighted by molar-refractivity contribution is 0.574. The second-order valence-electron chi connectivity index (χ2n) is 7.16. The van der Waals surface area contributed by atoms with Crippen molar-refractivity contribution in [3.05, 3.63) is 21.9 Å². The molecule has 0 nitrogen and oxygen atoms in total. The van der Waals surface area contributed by atoms with E-state index < -0.39 is 0 Å². The molecule has 0 atom stereocenters. The van der Waals surface area contributed by atoms with E-state index in [0.717, 1.165) is 0 Å². The number of rotatable bonds is 16. The third-order valence-electron chi connectivity index (χ3n) is 4.93. The van der Waals surface area contributed by atoms with Crippen LogP contribution in [-0.4, -0.2) is 0 Å². The van der Waals surface area contributed by atoms with Crippen LogP contribution in [-0.2, 0) is 12.8 Å². The summed E-state index contributed by atoms with van der Waals surface area (Å²) in [6.45, 7) is 4.59. The van der Waals surface area contributed by atoms with Crippen LogP contribution in [0.2, 0.25) is 0 Å². The maximum Gasteiger partial charge on any atom is -0.00584 e. The van der Waals surface area contributed by atoms with E-state index in [-0.39, 0.29) is 0 Å². The summed E-state index contributed by atoms with van der Waals surface area (Å²) < 4.78 is 0. The molecular formula is C22H40S. The van der Waals surface area contributed by atoms with Crippen LogP contribution in [0, 0.1) is 0 Å². The van der Waals surface area contributed by atoms with E-state index in [1.165, 1.54) is 103 Å². The zero-order chi connectivity index (χ0) is 16.6. The Balaban J connectivity index is 2.03. The highest BCUT2D eigenvalue weighted by Gasteiger charge is 2.04. The molecule has 1 heteroatoms. The summed E-state index contributed by atoms with van der Waals surface area (Å²) in [7, 11) is 0. The van der Waals surface area contributed by atoms with Crippen molar-refractivity contribution < 1.29 is 0 Å². The van der Waals surface area contributed by atoms with Crippen molar-refractivity contribution in [3.63, 3.8) is 0 Å². The fourth-order valence-corrected chi connectivity index (χ4v) is 4.27. The largest absolute Gasteiger partial charge is 0.152 e. The molecule has 1 heterocycles. The summed E-state index contributed by atoms with van der Waals surface area (Å²) >= 11 is 1.92. The normalized spacial score (nSPS) is 11.2. The average Bonchev–Trinajstić information content (AvgIpc) is 3.01. The molecule has 0 aliphatic carbocycles. The van der Waals surface area contributed by atoms with Gasteiger partial charge in [0.1, 0.15) is 0 Å². The Morgan fingerprint density at radius 3 is 1.26 bits per heavy atom. The van der Waals surface area contributed by atoms with Crippen molar-refractivity contribution in [2.24, 2.45) is 0 Å². The Morgan fingerprint density at radius 2 is 0.870 bits per heavy atom. The van der Waals surface area contributed by atoms with Gasteiger partial charge >= 0.3 is 0 Å². The molecule has 1 rings (SSSR count). The lowest BCUT2D eigenvalue weighted by Crippen LogP contribution is -1.92. The van der Waals surface area contributed by atoms with E-state index in [9.17, 15) is 0 Å². The molecule has 0 unspecified atom stereocenters. The van der Waals surface area contributed by atoms with Gasteiger partial charge in [-0.3, -0.25) is 0 Å². The molecule has 0 bridgehead atoms. The minimum atomic E-state index is 1.32. The molecule has 0 N–H and O–H groups in total. The number of hydrogen-bond acceptors (Lipinski definition) is 1. The Labute approximate surface area is 150 Å².